The molecule has 0 spiro atoms. The van der Waals surface area contributed by atoms with Gasteiger partial charge in [-0.05, 0) is 110 Å². The highest BCUT2D eigenvalue weighted by atomic mass is 32.1. The van der Waals surface area contributed by atoms with Crippen molar-refractivity contribution in [1.82, 2.24) is 0 Å². The van der Waals surface area contributed by atoms with E-state index in [-0.39, 0.29) is 0 Å². The van der Waals surface area contributed by atoms with E-state index in [1.54, 1.807) is 0 Å². The van der Waals surface area contributed by atoms with Crippen LogP contribution in [0.4, 0.5) is 17.1 Å². The van der Waals surface area contributed by atoms with Crippen LogP contribution < -0.4 is 4.90 Å². The van der Waals surface area contributed by atoms with Crippen LogP contribution in [-0.2, 0) is 0 Å². The van der Waals surface area contributed by atoms with Gasteiger partial charge in [0, 0.05) is 59.1 Å². The molecule has 0 aliphatic carbocycles. The molecule has 0 unspecified atom stereocenters. The maximum absolute atomic E-state index is 7.38. The molecule has 2 nitrogen and oxygen atoms in total. The molecule has 13 aromatic rings. The first-order valence-corrected chi connectivity index (χ1v) is 23.6. The van der Waals surface area contributed by atoms with Gasteiger partial charge in [0.25, 0.3) is 0 Å². The summed E-state index contributed by atoms with van der Waals surface area (Å²) in [4.78, 5) is 2.34. The van der Waals surface area contributed by atoms with E-state index in [1.807, 2.05) is 11.3 Å². The van der Waals surface area contributed by atoms with Gasteiger partial charge in [0.05, 0.1) is 0 Å². The Morgan fingerprint density at radius 2 is 0.761 bits per heavy atom. The summed E-state index contributed by atoms with van der Waals surface area (Å²) in [7, 11) is 0. The summed E-state index contributed by atoms with van der Waals surface area (Å²) in [5, 5.41) is 8.34. The molecule has 0 atom stereocenters. The topological polar surface area (TPSA) is 16.4 Å². The fourth-order valence-electron chi connectivity index (χ4n) is 10.1. The average Bonchev–Trinajstić information content (AvgIpc) is 4.00. The van der Waals surface area contributed by atoms with Gasteiger partial charge in [0.1, 0.15) is 11.3 Å². The molecular formula is C64H41NOS. The fraction of sp³-hybridized carbons (Fsp3) is 0. The van der Waals surface area contributed by atoms with Crippen LogP contribution in [0.5, 0.6) is 0 Å². The summed E-state index contributed by atoms with van der Waals surface area (Å²) in [5.41, 5.74) is 14.6. The number of benzene rings is 11. The van der Waals surface area contributed by atoms with E-state index in [0.717, 1.165) is 67.0 Å². The van der Waals surface area contributed by atoms with Crippen molar-refractivity contribution in [2.24, 2.45) is 0 Å². The molecule has 11 aromatic carbocycles. The largest absolute Gasteiger partial charge is 0.455 e. The van der Waals surface area contributed by atoms with Crippen molar-refractivity contribution in [3.05, 3.63) is 249 Å². The first-order valence-electron chi connectivity index (χ1n) is 22.8. The SMILES string of the molecule is c1ccc(-c2ccc(N(c3ccc(-c4ccccc4)cc3)c3ccc(-c4ccc5c6ccccc6c6c(-c7ccccc7)c(-c7cccc8c7sc7ccccc78)oc6c5c4)cc3)cc2)cc1. The molecule has 314 valence electrons. The molecule has 0 aliphatic heterocycles. The molecule has 0 amide bonds. The lowest BCUT2D eigenvalue weighted by Gasteiger charge is -2.26. The summed E-state index contributed by atoms with van der Waals surface area (Å²) in [6.07, 6.45) is 0. The summed E-state index contributed by atoms with van der Waals surface area (Å²) in [5.74, 6) is 0.902. The summed E-state index contributed by atoms with van der Waals surface area (Å²) >= 11 is 1.84. The molecule has 0 bridgehead atoms. The van der Waals surface area contributed by atoms with Gasteiger partial charge >= 0.3 is 0 Å². The lowest BCUT2D eigenvalue weighted by Crippen LogP contribution is -2.09. The third-order valence-corrected chi connectivity index (χ3v) is 14.5. The standard InChI is InChI=1S/C64H41NOS/c1-4-15-42(16-5-1)44-27-34-49(35-28-44)65(50-36-29-45(30-37-50)43-17-6-2-7-18-43)51-38-31-46(32-39-51)48-33-40-53-52-21-10-11-23-55(52)61-60(47-19-8-3-9-20-47)62(66-63(61)58(53)41-48)57-25-14-24-56-54-22-12-13-26-59(54)67-64(56)57/h1-41H. The normalized spacial score (nSPS) is 11.6. The first kappa shape index (κ1) is 38.9. The minimum absolute atomic E-state index is 0.902. The zero-order valence-corrected chi connectivity index (χ0v) is 37.3. The van der Waals surface area contributed by atoms with Gasteiger partial charge in [0.15, 0.2) is 0 Å². The van der Waals surface area contributed by atoms with Crippen molar-refractivity contribution in [3.8, 4) is 55.8 Å². The molecule has 2 aromatic heterocycles. The molecule has 67 heavy (non-hydrogen) atoms. The Kier molecular flexibility index (Phi) is 9.40. The lowest BCUT2D eigenvalue weighted by atomic mass is 9.91. The van der Waals surface area contributed by atoms with Crippen LogP contribution in [0, 0.1) is 0 Å². The Morgan fingerprint density at radius 3 is 1.36 bits per heavy atom. The summed E-state index contributed by atoms with van der Waals surface area (Å²) in [6, 6.07) is 89.7. The van der Waals surface area contributed by atoms with Crippen LogP contribution in [-0.4, -0.2) is 0 Å². The maximum atomic E-state index is 7.38. The van der Waals surface area contributed by atoms with E-state index in [2.05, 4.69) is 254 Å². The molecular weight excluding hydrogens is 831 g/mol. The highest BCUT2D eigenvalue weighted by Gasteiger charge is 2.25. The predicted octanol–water partition coefficient (Wildman–Crippen LogP) is 18.9. The summed E-state index contributed by atoms with van der Waals surface area (Å²) in [6.45, 7) is 0. The number of nitrogens with zero attached hydrogens (tertiary/aromatic N) is 1. The van der Waals surface area contributed by atoms with Crippen molar-refractivity contribution in [3.63, 3.8) is 0 Å². The van der Waals surface area contributed by atoms with Crippen LogP contribution in [0.25, 0.3) is 109 Å². The molecule has 0 aliphatic rings. The Hall–Kier alpha value is -8.50. The van der Waals surface area contributed by atoms with Gasteiger partial charge in [-0.2, -0.15) is 0 Å². The van der Waals surface area contributed by atoms with Crippen molar-refractivity contribution in [1.29, 1.82) is 0 Å². The average molecular weight is 872 g/mol. The molecule has 2 heterocycles. The Labute approximate surface area is 392 Å². The second-order valence-electron chi connectivity index (χ2n) is 17.2. The van der Waals surface area contributed by atoms with Crippen LogP contribution in [0.3, 0.4) is 0 Å². The molecule has 13 rings (SSSR count). The Morgan fingerprint density at radius 1 is 0.313 bits per heavy atom. The van der Waals surface area contributed by atoms with E-state index in [0.29, 0.717) is 0 Å². The highest BCUT2D eigenvalue weighted by molar-refractivity contribution is 7.26. The minimum Gasteiger partial charge on any atom is -0.455 e. The Balaban J connectivity index is 0.959. The zero-order valence-electron chi connectivity index (χ0n) is 36.4. The monoisotopic (exact) mass is 871 g/mol. The lowest BCUT2D eigenvalue weighted by molar-refractivity contribution is 0.637. The van der Waals surface area contributed by atoms with Gasteiger partial charge in [-0.15, -0.1) is 11.3 Å². The van der Waals surface area contributed by atoms with Crippen molar-refractivity contribution >= 4 is 81.1 Å². The van der Waals surface area contributed by atoms with Crippen LogP contribution in [0.1, 0.15) is 0 Å². The Bertz CT molecular complexity index is 3850. The number of anilines is 3. The van der Waals surface area contributed by atoms with E-state index >= 15 is 0 Å². The molecule has 0 fully saturated rings. The zero-order chi connectivity index (χ0) is 44.3. The number of fused-ring (bicyclic) bond motifs is 9. The van der Waals surface area contributed by atoms with Gasteiger partial charge in [-0.3, -0.25) is 0 Å². The smallest absolute Gasteiger partial charge is 0.144 e. The van der Waals surface area contributed by atoms with E-state index in [1.165, 1.54) is 58.6 Å². The number of thiophene rings is 1. The van der Waals surface area contributed by atoms with Gasteiger partial charge in [-0.1, -0.05) is 194 Å². The number of rotatable bonds is 8. The van der Waals surface area contributed by atoms with Gasteiger partial charge < -0.3 is 9.32 Å². The van der Waals surface area contributed by atoms with E-state index < -0.39 is 0 Å². The van der Waals surface area contributed by atoms with Crippen LogP contribution >= 0.6 is 11.3 Å². The van der Waals surface area contributed by atoms with Crippen molar-refractivity contribution < 1.29 is 4.42 Å². The molecule has 3 heteroatoms. The predicted molar refractivity (Wildman–Crippen MR) is 286 cm³/mol. The van der Waals surface area contributed by atoms with Gasteiger partial charge in [0.2, 0.25) is 0 Å². The quantitative estimate of drug-likeness (QED) is 0.141. The number of hydrogen-bond acceptors (Lipinski definition) is 3. The number of furan rings is 1. The summed E-state index contributed by atoms with van der Waals surface area (Å²) < 4.78 is 9.89. The van der Waals surface area contributed by atoms with E-state index in [4.69, 9.17) is 4.42 Å². The van der Waals surface area contributed by atoms with Crippen LogP contribution in [0.2, 0.25) is 0 Å². The van der Waals surface area contributed by atoms with Gasteiger partial charge in [-0.25, -0.2) is 0 Å². The third-order valence-electron chi connectivity index (χ3n) is 13.3. The second-order valence-corrected chi connectivity index (χ2v) is 18.2. The number of hydrogen-bond donors (Lipinski definition) is 0. The fourth-order valence-corrected chi connectivity index (χ4v) is 11.3. The molecule has 0 N–H and O–H groups in total. The first-order chi connectivity index (χ1) is 33.2. The molecule has 0 radical (unpaired) electrons. The van der Waals surface area contributed by atoms with E-state index in [9.17, 15) is 0 Å². The maximum Gasteiger partial charge on any atom is 0.144 e. The van der Waals surface area contributed by atoms with Crippen molar-refractivity contribution in [2.45, 2.75) is 0 Å². The minimum atomic E-state index is 0.902. The van der Waals surface area contributed by atoms with Crippen LogP contribution in [0.15, 0.2) is 253 Å². The molecule has 0 saturated carbocycles. The molecule has 0 saturated heterocycles. The second kappa shape index (κ2) is 16.2. The van der Waals surface area contributed by atoms with Crippen molar-refractivity contribution in [2.75, 3.05) is 4.90 Å². The third kappa shape index (κ3) is 6.71. The highest BCUT2D eigenvalue weighted by Crippen LogP contribution is 2.50.